The number of carbonyl (C=O) groups excluding carboxylic acids is 2. The number of nitriles is 1. The van der Waals surface area contributed by atoms with Crippen LogP contribution in [0.15, 0.2) is 72.8 Å². The van der Waals surface area contributed by atoms with E-state index in [9.17, 15) is 9.59 Å². The molecular formula is C23H20N4O3. The van der Waals surface area contributed by atoms with Crippen molar-refractivity contribution < 1.29 is 14.3 Å². The maximum absolute atomic E-state index is 12.4. The zero-order valence-corrected chi connectivity index (χ0v) is 16.3. The van der Waals surface area contributed by atoms with Gasteiger partial charge in [0.15, 0.2) is 0 Å². The van der Waals surface area contributed by atoms with E-state index in [1.807, 2.05) is 0 Å². The molecule has 0 aliphatic heterocycles. The third-order valence-electron chi connectivity index (χ3n) is 4.30. The summed E-state index contributed by atoms with van der Waals surface area (Å²) in [6.07, 6.45) is 0. The van der Waals surface area contributed by atoms with Crippen LogP contribution in [0.25, 0.3) is 0 Å². The fourth-order valence-corrected chi connectivity index (χ4v) is 2.68. The molecule has 1 atom stereocenters. The van der Waals surface area contributed by atoms with E-state index in [1.165, 1.54) is 0 Å². The Balaban J connectivity index is 1.58. The third kappa shape index (κ3) is 5.14. The van der Waals surface area contributed by atoms with Crippen molar-refractivity contribution >= 4 is 23.2 Å². The molecule has 0 fully saturated rings. The number of nitrogens with one attached hydrogen (secondary N) is 2. The molecule has 0 heterocycles. The zero-order valence-electron chi connectivity index (χ0n) is 16.3. The molecule has 3 rings (SSSR count). The standard InChI is InChI=1S/C23H20N4O3/c1-15(23(29)27-19-8-6-16(7-9-19)22(25)28)26-18-10-12-20(13-11-18)30-21-5-3-2-4-17(21)14-24/h2-13,15,26H,1H3,(H2,25,28)(H,27,29). The number of rotatable bonds is 7. The third-order valence-corrected chi connectivity index (χ3v) is 4.30. The molecule has 30 heavy (non-hydrogen) atoms. The van der Waals surface area contributed by atoms with Crippen molar-refractivity contribution in [2.24, 2.45) is 5.73 Å². The van der Waals surface area contributed by atoms with Gasteiger partial charge in [0.2, 0.25) is 11.8 Å². The maximum atomic E-state index is 12.4. The van der Waals surface area contributed by atoms with E-state index in [-0.39, 0.29) is 5.91 Å². The van der Waals surface area contributed by atoms with Gasteiger partial charge in [0.1, 0.15) is 23.6 Å². The number of hydrogen-bond acceptors (Lipinski definition) is 5. The lowest BCUT2D eigenvalue weighted by Gasteiger charge is -2.16. The summed E-state index contributed by atoms with van der Waals surface area (Å²) in [7, 11) is 0. The van der Waals surface area contributed by atoms with Gasteiger partial charge in [-0.25, -0.2) is 0 Å². The number of hydrogen-bond donors (Lipinski definition) is 3. The van der Waals surface area contributed by atoms with E-state index >= 15 is 0 Å². The monoisotopic (exact) mass is 400 g/mol. The van der Waals surface area contributed by atoms with Gasteiger partial charge in [-0.1, -0.05) is 12.1 Å². The quantitative estimate of drug-likeness (QED) is 0.556. The van der Waals surface area contributed by atoms with Crippen LogP contribution in [-0.2, 0) is 4.79 Å². The number of carbonyl (C=O) groups is 2. The highest BCUT2D eigenvalue weighted by Crippen LogP contribution is 2.26. The molecular weight excluding hydrogens is 380 g/mol. The molecule has 0 spiro atoms. The number of nitrogens with two attached hydrogens (primary N) is 1. The molecule has 0 saturated heterocycles. The highest BCUT2D eigenvalue weighted by atomic mass is 16.5. The Bertz CT molecular complexity index is 1090. The molecule has 0 radical (unpaired) electrons. The van der Waals surface area contributed by atoms with Crippen molar-refractivity contribution in [1.82, 2.24) is 0 Å². The van der Waals surface area contributed by atoms with Crippen LogP contribution in [0.3, 0.4) is 0 Å². The summed E-state index contributed by atoms with van der Waals surface area (Å²) in [5.74, 6) is 0.308. The number of anilines is 2. The summed E-state index contributed by atoms with van der Waals surface area (Å²) >= 11 is 0. The van der Waals surface area contributed by atoms with Gasteiger partial charge in [0.25, 0.3) is 0 Å². The number of para-hydroxylation sites is 1. The Hall–Kier alpha value is -4.31. The van der Waals surface area contributed by atoms with E-state index in [0.717, 1.165) is 5.69 Å². The number of primary amides is 1. The molecule has 0 aliphatic carbocycles. The predicted octanol–water partition coefficient (Wildman–Crippen LogP) is 3.89. The zero-order chi connectivity index (χ0) is 21.5. The van der Waals surface area contributed by atoms with Crippen molar-refractivity contribution in [3.8, 4) is 17.6 Å². The lowest BCUT2D eigenvalue weighted by atomic mass is 10.2. The lowest BCUT2D eigenvalue weighted by molar-refractivity contribution is -0.116. The molecule has 150 valence electrons. The summed E-state index contributed by atoms with van der Waals surface area (Å²) in [6, 6.07) is 22.0. The summed E-state index contributed by atoms with van der Waals surface area (Å²) < 4.78 is 5.75. The average Bonchev–Trinajstić information content (AvgIpc) is 2.75. The minimum atomic E-state index is -0.522. The van der Waals surface area contributed by atoms with Crippen LogP contribution in [0.1, 0.15) is 22.8 Å². The van der Waals surface area contributed by atoms with Gasteiger partial charge in [0.05, 0.1) is 5.56 Å². The van der Waals surface area contributed by atoms with E-state index in [1.54, 1.807) is 79.7 Å². The van der Waals surface area contributed by atoms with Crippen LogP contribution < -0.4 is 21.1 Å². The molecule has 7 nitrogen and oxygen atoms in total. The number of ether oxygens (including phenoxy) is 1. The number of nitrogens with zero attached hydrogens (tertiary/aromatic N) is 1. The summed E-state index contributed by atoms with van der Waals surface area (Å²) in [4.78, 5) is 23.5. The Morgan fingerprint density at radius 1 is 0.967 bits per heavy atom. The van der Waals surface area contributed by atoms with Crippen molar-refractivity contribution in [2.45, 2.75) is 13.0 Å². The molecule has 7 heteroatoms. The molecule has 0 bridgehead atoms. The number of benzene rings is 3. The van der Waals surface area contributed by atoms with E-state index in [0.29, 0.717) is 28.3 Å². The second-order valence-corrected chi connectivity index (χ2v) is 6.53. The highest BCUT2D eigenvalue weighted by Gasteiger charge is 2.13. The van der Waals surface area contributed by atoms with E-state index in [2.05, 4.69) is 16.7 Å². The molecule has 3 aromatic rings. The molecule has 1 unspecified atom stereocenters. The molecule has 2 amide bonds. The van der Waals surface area contributed by atoms with Gasteiger partial charge in [-0.2, -0.15) is 5.26 Å². The smallest absolute Gasteiger partial charge is 0.248 e. The summed E-state index contributed by atoms with van der Waals surface area (Å²) in [6.45, 7) is 1.74. The molecule has 3 aromatic carbocycles. The van der Waals surface area contributed by atoms with Gasteiger partial charge in [-0.15, -0.1) is 0 Å². The van der Waals surface area contributed by atoms with Crippen LogP contribution in [0, 0.1) is 11.3 Å². The van der Waals surface area contributed by atoms with Crippen LogP contribution in [0.4, 0.5) is 11.4 Å². The Labute approximate surface area is 174 Å². The Morgan fingerprint density at radius 3 is 2.23 bits per heavy atom. The first-order chi connectivity index (χ1) is 14.5. The van der Waals surface area contributed by atoms with E-state index in [4.69, 9.17) is 15.7 Å². The second-order valence-electron chi connectivity index (χ2n) is 6.53. The average molecular weight is 400 g/mol. The number of amides is 2. The van der Waals surface area contributed by atoms with Gasteiger partial charge < -0.3 is 21.1 Å². The topological polar surface area (TPSA) is 117 Å². The first-order valence-electron chi connectivity index (χ1n) is 9.20. The molecule has 0 aromatic heterocycles. The Kier molecular flexibility index (Phi) is 6.30. The van der Waals surface area contributed by atoms with Crippen LogP contribution in [0.2, 0.25) is 0 Å². The lowest BCUT2D eigenvalue weighted by Crippen LogP contribution is -2.31. The van der Waals surface area contributed by atoms with Crippen LogP contribution in [0.5, 0.6) is 11.5 Å². The van der Waals surface area contributed by atoms with Gasteiger partial charge in [0, 0.05) is 16.9 Å². The van der Waals surface area contributed by atoms with Gasteiger partial charge in [-0.05, 0) is 67.6 Å². The fourth-order valence-electron chi connectivity index (χ4n) is 2.68. The molecule has 0 saturated carbocycles. The van der Waals surface area contributed by atoms with Crippen molar-refractivity contribution in [1.29, 1.82) is 5.26 Å². The van der Waals surface area contributed by atoms with E-state index < -0.39 is 11.9 Å². The minimum absolute atomic E-state index is 0.231. The minimum Gasteiger partial charge on any atom is -0.456 e. The van der Waals surface area contributed by atoms with Crippen LogP contribution >= 0.6 is 0 Å². The SMILES string of the molecule is CC(Nc1ccc(Oc2ccccc2C#N)cc1)C(=O)Nc1ccc(C(N)=O)cc1. The molecule has 0 aliphatic rings. The fraction of sp³-hybridized carbons (Fsp3) is 0.0870. The van der Waals surface area contributed by atoms with Crippen molar-refractivity contribution in [3.05, 3.63) is 83.9 Å². The largest absolute Gasteiger partial charge is 0.456 e. The first kappa shape index (κ1) is 20.4. The second kappa shape index (κ2) is 9.26. The van der Waals surface area contributed by atoms with Crippen molar-refractivity contribution in [3.63, 3.8) is 0 Å². The maximum Gasteiger partial charge on any atom is 0.248 e. The highest BCUT2D eigenvalue weighted by molar-refractivity contribution is 5.97. The summed E-state index contributed by atoms with van der Waals surface area (Å²) in [5, 5.41) is 15.0. The predicted molar refractivity (Wildman–Crippen MR) is 114 cm³/mol. The van der Waals surface area contributed by atoms with Gasteiger partial charge in [-0.3, -0.25) is 9.59 Å². The van der Waals surface area contributed by atoms with Crippen molar-refractivity contribution in [2.75, 3.05) is 10.6 Å². The van der Waals surface area contributed by atoms with Gasteiger partial charge >= 0.3 is 0 Å². The normalized spacial score (nSPS) is 11.1. The molecule has 4 N–H and O–H groups in total. The summed E-state index contributed by atoms with van der Waals surface area (Å²) in [5.41, 5.74) is 7.34. The Morgan fingerprint density at radius 2 is 1.60 bits per heavy atom. The van der Waals surface area contributed by atoms with Crippen LogP contribution in [-0.4, -0.2) is 17.9 Å². The first-order valence-corrected chi connectivity index (χ1v) is 9.20.